The van der Waals surface area contributed by atoms with E-state index >= 15 is 0 Å². The van der Waals surface area contributed by atoms with Crippen LogP contribution in [0.25, 0.3) is 204 Å². The van der Waals surface area contributed by atoms with Crippen LogP contribution in [0, 0.1) is 0 Å². The number of rotatable bonds is 8. The second-order valence-corrected chi connectivity index (χ2v) is 28.4. The fourth-order valence-electron chi connectivity index (χ4n) is 17.1. The van der Waals surface area contributed by atoms with E-state index in [4.69, 9.17) is 15.0 Å². The summed E-state index contributed by atoms with van der Waals surface area (Å²) < 4.78 is 7.08. The summed E-state index contributed by atoms with van der Waals surface area (Å²) in [6.45, 7) is 0. The Labute approximate surface area is 640 Å². The molecule has 0 fully saturated rings. The predicted molar refractivity (Wildman–Crippen MR) is 468 cm³/mol. The van der Waals surface area contributed by atoms with Gasteiger partial charge in [-0.3, -0.25) is 0 Å². The Kier molecular flexibility index (Phi) is 15.8. The van der Waals surface area contributed by atoms with Gasteiger partial charge in [0.2, 0.25) is 0 Å². The van der Waals surface area contributed by atoms with Crippen LogP contribution in [-0.4, -0.2) is 28.7 Å². The van der Waals surface area contributed by atoms with Crippen molar-refractivity contribution in [3.63, 3.8) is 0 Å². The van der Waals surface area contributed by atoms with Gasteiger partial charge in [-0.15, -0.1) is 0 Å². The Morgan fingerprint density at radius 3 is 0.838 bits per heavy atom. The van der Waals surface area contributed by atoms with E-state index in [2.05, 4.69) is 426 Å². The first-order valence-electron chi connectivity index (χ1n) is 37.9. The van der Waals surface area contributed by atoms with Gasteiger partial charge in [0.1, 0.15) is 0 Å². The first kappa shape index (κ1) is 64.5. The number of fused-ring (bicyclic) bond motifs is 18. The zero-order valence-corrected chi connectivity index (χ0v) is 60.4. The van der Waals surface area contributed by atoms with Crippen molar-refractivity contribution in [3.05, 3.63) is 413 Å². The number of nitrogens with zero attached hydrogens (tertiary/aromatic N) is 6. The van der Waals surface area contributed by atoms with Gasteiger partial charge in [-0.25, -0.2) is 15.0 Å². The monoisotopic (exact) mass is 1410 g/mol. The van der Waals surface area contributed by atoms with Gasteiger partial charge in [0.15, 0.2) is 0 Å². The number of pyridine rings is 3. The molecule has 0 unspecified atom stereocenters. The Morgan fingerprint density at radius 2 is 0.432 bits per heavy atom. The SMILES string of the molecule is c1ccc(-c2ccc3nc(-c4ccc(-n5c6ccccc6c6ccccc65)cc4)c4ccccc4c3c2)cc1.c1ccc(-c2cccc3c2c2ccccc2n3-c2ccc(-c3nc4ccccc4c4ccccc34)cc2)cc1.c1ccc2c(c1)nc(-c1ccc(-n3c4ccccc4c4ccccc43)cc1)c1ccccc12. The summed E-state index contributed by atoms with van der Waals surface area (Å²) in [5.74, 6) is 0. The molecule has 6 heterocycles. The summed E-state index contributed by atoms with van der Waals surface area (Å²) >= 11 is 0. The molecule has 0 amide bonds. The Morgan fingerprint density at radius 1 is 0.153 bits per heavy atom. The third kappa shape index (κ3) is 11.1. The molecule has 0 aliphatic carbocycles. The van der Waals surface area contributed by atoms with Gasteiger partial charge in [0, 0.05) is 98.4 Å². The molecule has 6 heteroatoms. The lowest BCUT2D eigenvalue weighted by Gasteiger charge is -2.13. The van der Waals surface area contributed by atoms with Crippen molar-refractivity contribution in [2.24, 2.45) is 0 Å². The van der Waals surface area contributed by atoms with Crippen molar-refractivity contribution >= 4 is 130 Å². The van der Waals surface area contributed by atoms with Gasteiger partial charge in [-0.05, 0) is 135 Å². The molecule has 0 spiro atoms. The summed E-state index contributed by atoms with van der Waals surface area (Å²) in [7, 11) is 0. The van der Waals surface area contributed by atoms with Crippen molar-refractivity contribution in [1.82, 2.24) is 28.7 Å². The number of benzene rings is 17. The zero-order chi connectivity index (χ0) is 73.3. The summed E-state index contributed by atoms with van der Waals surface area (Å²) in [6, 6.07) is 147. The highest BCUT2D eigenvalue weighted by Crippen LogP contribution is 2.43. The van der Waals surface area contributed by atoms with Crippen LogP contribution in [0.3, 0.4) is 0 Å². The lowest BCUT2D eigenvalue weighted by atomic mass is 9.97. The minimum Gasteiger partial charge on any atom is -0.309 e. The molecule has 0 aliphatic rings. The van der Waals surface area contributed by atoms with Gasteiger partial charge >= 0.3 is 0 Å². The first-order valence-corrected chi connectivity index (χ1v) is 37.9. The zero-order valence-electron chi connectivity index (χ0n) is 60.4. The Balaban J connectivity index is 0.000000106. The largest absolute Gasteiger partial charge is 0.309 e. The van der Waals surface area contributed by atoms with Crippen molar-refractivity contribution < 1.29 is 0 Å². The Bertz CT molecular complexity index is 7440. The van der Waals surface area contributed by atoms with E-state index in [0.29, 0.717) is 0 Å². The molecule has 111 heavy (non-hydrogen) atoms. The normalized spacial score (nSPS) is 11.6. The third-order valence-electron chi connectivity index (χ3n) is 22.2. The fraction of sp³-hybridized carbons (Fsp3) is 0. The summed E-state index contributed by atoms with van der Waals surface area (Å²) in [6.07, 6.45) is 0. The van der Waals surface area contributed by atoms with E-state index in [1.807, 2.05) is 0 Å². The Hall–Kier alpha value is -14.9. The lowest BCUT2D eigenvalue weighted by Crippen LogP contribution is -1.95. The maximum absolute atomic E-state index is 5.19. The van der Waals surface area contributed by atoms with E-state index in [1.165, 1.54) is 136 Å². The standard InChI is InChI=1S/2C37H24N2.C31H20N2/c1-2-11-25(12-3-1)28-17-10-20-35-36(28)32-16-7-9-19-34(32)39(35)27-23-21-26(22-24-27)37-31-15-5-4-13-29(31)30-14-6-8-18-33(30)38-37;1-2-10-25(11-3-1)27-20-23-34-33(24-27)29-12-4-5-15-32(29)37(38-34)26-18-21-28(22-19-26)39-35-16-8-6-13-30(35)31-14-7-9-17-36(31)39;1-2-13-27-23(9-1)24-10-3-6-14-28(24)32-31(27)21-17-19-22(20-18-21)33-29-15-7-4-11-25(29)26-12-5-8-16-30(26)33/h2*1-24H;1-20H. The van der Waals surface area contributed by atoms with Crippen LogP contribution in [0.2, 0.25) is 0 Å². The maximum Gasteiger partial charge on any atom is 0.0788 e. The van der Waals surface area contributed by atoms with Gasteiger partial charge < -0.3 is 13.7 Å². The van der Waals surface area contributed by atoms with Crippen LogP contribution >= 0.6 is 0 Å². The quantitative estimate of drug-likeness (QED) is 0.143. The average molecular weight is 1410 g/mol. The van der Waals surface area contributed by atoms with Gasteiger partial charge in [0.25, 0.3) is 0 Å². The van der Waals surface area contributed by atoms with E-state index < -0.39 is 0 Å². The minimum absolute atomic E-state index is 1.01. The number of hydrogen-bond acceptors (Lipinski definition) is 3. The van der Waals surface area contributed by atoms with E-state index in [0.717, 1.165) is 67.4 Å². The smallest absolute Gasteiger partial charge is 0.0788 e. The molecule has 0 aliphatic heterocycles. The first-order chi connectivity index (χ1) is 55.1. The van der Waals surface area contributed by atoms with Crippen molar-refractivity contribution in [2.45, 2.75) is 0 Å². The lowest BCUT2D eigenvalue weighted by molar-refractivity contribution is 1.18. The van der Waals surface area contributed by atoms with E-state index in [9.17, 15) is 0 Å². The van der Waals surface area contributed by atoms with Gasteiger partial charge in [-0.1, -0.05) is 315 Å². The molecule has 6 nitrogen and oxygen atoms in total. The molecule has 6 aromatic heterocycles. The second kappa shape index (κ2) is 27.2. The van der Waals surface area contributed by atoms with Crippen LogP contribution in [-0.2, 0) is 0 Å². The highest BCUT2D eigenvalue weighted by atomic mass is 15.0. The van der Waals surface area contributed by atoms with E-state index in [-0.39, 0.29) is 0 Å². The van der Waals surface area contributed by atoms with Crippen molar-refractivity contribution in [2.75, 3.05) is 0 Å². The molecule has 0 radical (unpaired) electrons. The van der Waals surface area contributed by atoms with Crippen molar-refractivity contribution in [1.29, 1.82) is 0 Å². The minimum atomic E-state index is 1.01. The van der Waals surface area contributed by atoms with Gasteiger partial charge in [-0.2, -0.15) is 0 Å². The van der Waals surface area contributed by atoms with Crippen LogP contribution < -0.4 is 0 Å². The topological polar surface area (TPSA) is 53.5 Å². The molecule has 0 saturated carbocycles. The molecule has 0 saturated heterocycles. The highest BCUT2D eigenvalue weighted by molar-refractivity contribution is 6.18. The summed E-state index contributed by atoms with van der Waals surface area (Å²) in [5.41, 5.74) is 25.1. The molecule has 23 rings (SSSR count). The summed E-state index contributed by atoms with van der Waals surface area (Å²) in [4.78, 5) is 15.4. The molecule has 0 atom stereocenters. The van der Waals surface area contributed by atoms with Crippen LogP contribution in [0.15, 0.2) is 413 Å². The molecule has 0 bridgehead atoms. The summed E-state index contributed by atoms with van der Waals surface area (Å²) in [5, 5.41) is 18.4. The predicted octanol–water partition coefficient (Wildman–Crippen LogP) is 27.8. The average Bonchev–Trinajstić information content (AvgIpc) is 1.65. The molecule has 518 valence electrons. The molecule has 0 N–H and O–H groups in total. The van der Waals surface area contributed by atoms with Crippen molar-refractivity contribution in [3.8, 4) is 73.1 Å². The maximum atomic E-state index is 5.19. The van der Waals surface area contributed by atoms with Gasteiger partial charge in [0.05, 0.1) is 66.7 Å². The fourth-order valence-corrected chi connectivity index (χ4v) is 17.1. The molecule has 17 aromatic carbocycles. The molecule has 23 aromatic rings. The van der Waals surface area contributed by atoms with Crippen LogP contribution in [0.1, 0.15) is 0 Å². The second-order valence-electron chi connectivity index (χ2n) is 28.4. The number of hydrogen-bond donors (Lipinski definition) is 0. The molecular weight excluding hydrogens is 1350 g/mol. The van der Waals surface area contributed by atoms with E-state index in [1.54, 1.807) is 0 Å². The van der Waals surface area contributed by atoms with Crippen LogP contribution in [0.5, 0.6) is 0 Å². The molecular formula is C105H68N6. The highest BCUT2D eigenvalue weighted by Gasteiger charge is 2.20. The number of para-hydroxylation sites is 7. The number of aromatic nitrogens is 6. The van der Waals surface area contributed by atoms with Crippen LogP contribution in [0.4, 0.5) is 0 Å². The third-order valence-corrected chi connectivity index (χ3v) is 22.2.